The van der Waals surface area contributed by atoms with Crippen LogP contribution in [0.4, 0.5) is 0 Å². The van der Waals surface area contributed by atoms with E-state index in [0.29, 0.717) is 6.42 Å². The minimum Gasteiger partial charge on any atom is -0.394 e. The molecule has 1 amide bonds. The van der Waals surface area contributed by atoms with Crippen LogP contribution in [0, 0.1) is 0 Å². The van der Waals surface area contributed by atoms with E-state index < -0.39 is 86.8 Å². The van der Waals surface area contributed by atoms with Crippen molar-refractivity contribution < 1.29 is 64.6 Å². The van der Waals surface area contributed by atoms with Gasteiger partial charge < -0.3 is 65.1 Å². The smallest absolute Gasteiger partial charge is 0.220 e. The average molecular weight is 888 g/mol. The zero-order valence-corrected chi connectivity index (χ0v) is 38.4. The molecule has 2 aliphatic rings. The third-order valence-corrected chi connectivity index (χ3v) is 12.1. The largest absolute Gasteiger partial charge is 0.394 e. The predicted molar refractivity (Wildman–Crippen MR) is 240 cm³/mol. The molecule has 0 aromatic heterocycles. The van der Waals surface area contributed by atoms with Gasteiger partial charge in [0.2, 0.25) is 5.91 Å². The summed E-state index contributed by atoms with van der Waals surface area (Å²) in [5.41, 5.74) is 0. The van der Waals surface area contributed by atoms with Crippen LogP contribution in [-0.2, 0) is 23.7 Å². The molecule has 14 nitrogen and oxygen atoms in total. The van der Waals surface area contributed by atoms with Crippen LogP contribution in [-0.4, -0.2) is 140 Å². The van der Waals surface area contributed by atoms with Crippen molar-refractivity contribution in [1.29, 1.82) is 0 Å². The quantitative estimate of drug-likeness (QED) is 0.0267. The number of amides is 1. The second-order valence-corrected chi connectivity index (χ2v) is 17.6. The fourth-order valence-electron chi connectivity index (χ4n) is 8.04. The topological polar surface area (TPSA) is 228 Å². The number of nitrogens with one attached hydrogen (secondary N) is 1. The van der Waals surface area contributed by atoms with Gasteiger partial charge in [0.05, 0.1) is 32.0 Å². The first-order chi connectivity index (χ1) is 30.1. The number of rotatable bonds is 37. The van der Waals surface area contributed by atoms with Gasteiger partial charge in [0.15, 0.2) is 12.6 Å². The van der Waals surface area contributed by atoms with Gasteiger partial charge in [0, 0.05) is 6.42 Å². The van der Waals surface area contributed by atoms with E-state index in [2.05, 4.69) is 31.3 Å². The number of carbonyl (C=O) groups excluding carboxylic acids is 1. The highest BCUT2D eigenvalue weighted by molar-refractivity contribution is 5.76. The van der Waals surface area contributed by atoms with Crippen molar-refractivity contribution in [3.8, 4) is 0 Å². The third-order valence-electron chi connectivity index (χ3n) is 12.1. The van der Waals surface area contributed by atoms with E-state index in [1.807, 2.05) is 6.08 Å². The first kappa shape index (κ1) is 56.6. The van der Waals surface area contributed by atoms with E-state index in [4.69, 9.17) is 18.9 Å². The lowest BCUT2D eigenvalue weighted by atomic mass is 9.97. The van der Waals surface area contributed by atoms with Gasteiger partial charge in [0.25, 0.3) is 0 Å². The Morgan fingerprint density at radius 3 is 1.58 bits per heavy atom. The maximum atomic E-state index is 13.1. The monoisotopic (exact) mass is 888 g/mol. The summed E-state index contributed by atoms with van der Waals surface area (Å²) in [4.78, 5) is 13.1. The molecule has 2 saturated heterocycles. The highest BCUT2D eigenvalue weighted by Crippen LogP contribution is 2.30. The van der Waals surface area contributed by atoms with Gasteiger partial charge in [0.1, 0.15) is 48.8 Å². The van der Waals surface area contributed by atoms with Crippen molar-refractivity contribution in [3.05, 3.63) is 24.3 Å². The molecule has 2 rings (SSSR count). The molecule has 0 radical (unpaired) electrons. The first-order valence-electron chi connectivity index (χ1n) is 24.6. The van der Waals surface area contributed by atoms with Gasteiger partial charge in [-0.2, -0.15) is 0 Å². The van der Waals surface area contributed by atoms with Gasteiger partial charge in [-0.1, -0.05) is 160 Å². The average Bonchev–Trinajstić information content (AvgIpc) is 3.27. The molecule has 0 aromatic carbocycles. The van der Waals surface area contributed by atoms with E-state index in [1.54, 1.807) is 6.08 Å². The van der Waals surface area contributed by atoms with Gasteiger partial charge >= 0.3 is 0 Å². The van der Waals surface area contributed by atoms with E-state index in [-0.39, 0.29) is 18.9 Å². The summed E-state index contributed by atoms with van der Waals surface area (Å²) in [5, 5.41) is 86.6. The van der Waals surface area contributed by atoms with Crippen LogP contribution in [0.25, 0.3) is 0 Å². The number of hydrogen-bond donors (Lipinski definition) is 9. The van der Waals surface area contributed by atoms with Gasteiger partial charge in [-0.05, 0) is 38.5 Å². The van der Waals surface area contributed by atoms with Crippen molar-refractivity contribution in [2.45, 2.75) is 254 Å². The molecule has 0 saturated carbocycles. The van der Waals surface area contributed by atoms with Crippen LogP contribution in [0.2, 0.25) is 0 Å². The van der Waals surface area contributed by atoms with E-state index in [0.717, 1.165) is 57.8 Å². The standard InChI is InChI=1S/C48H89NO13/c1-3-5-7-9-11-13-15-16-17-18-19-20-22-23-25-27-29-31-37(52)36(49-40(53)32-30-28-26-24-21-14-12-10-8-6-4-2)35-59-47-45(58)43(56)46(39(34-51)61-47)62-48-44(57)42(55)41(54)38(33-50)60-48/h10,12,29,31,36-39,41-48,50-52,54-58H,3-9,11,13-28,30,32-35H2,1-2H3,(H,49,53)/b12-10-,31-29+. The number of aliphatic hydroxyl groups excluding tert-OH is 8. The Labute approximate surface area is 373 Å². The highest BCUT2D eigenvalue weighted by atomic mass is 16.7. The van der Waals surface area contributed by atoms with Crippen molar-refractivity contribution in [3.63, 3.8) is 0 Å². The Kier molecular flexibility index (Phi) is 32.6. The number of unbranched alkanes of at least 4 members (excludes halogenated alkanes) is 22. The maximum Gasteiger partial charge on any atom is 0.220 e. The second-order valence-electron chi connectivity index (χ2n) is 17.6. The first-order valence-corrected chi connectivity index (χ1v) is 24.6. The third kappa shape index (κ3) is 23.1. The van der Waals surface area contributed by atoms with Gasteiger partial charge in [-0.3, -0.25) is 4.79 Å². The fourth-order valence-corrected chi connectivity index (χ4v) is 8.04. The summed E-state index contributed by atoms with van der Waals surface area (Å²) < 4.78 is 22.6. The summed E-state index contributed by atoms with van der Waals surface area (Å²) in [5.74, 6) is -0.251. The van der Waals surface area contributed by atoms with E-state index >= 15 is 0 Å². The van der Waals surface area contributed by atoms with Crippen LogP contribution in [0.1, 0.15) is 181 Å². The molecular weight excluding hydrogens is 799 g/mol. The normalized spacial score (nSPS) is 27.9. The number of allylic oxidation sites excluding steroid dienone is 3. The SMILES string of the molecule is CCCC/C=C\CCCCCCCC(=O)NC(COC1OC(CO)C(OC2OC(CO)C(O)C(O)C2O)C(O)C1O)C(O)/C=C/CCCCCCCCCCCCCCCCC. The zero-order chi connectivity index (χ0) is 45.4. The van der Waals surface area contributed by atoms with Crippen molar-refractivity contribution in [2.75, 3.05) is 19.8 Å². The van der Waals surface area contributed by atoms with Crippen LogP contribution < -0.4 is 5.32 Å². The molecular formula is C48H89NO13. The zero-order valence-electron chi connectivity index (χ0n) is 38.4. The Morgan fingerprint density at radius 1 is 0.565 bits per heavy atom. The minimum atomic E-state index is -1.79. The molecule has 2 aliphatic heterocycles. The second kappa shape index (κ2) is 35.7. The molecule has 62 heavy (non-hydrogen) atoms. The Morgan fingerprint density at radius 2 is 1.03 bits per heavy atom. The van der Waals surface area contributed by atoms with Crippen LogP contribution in [0.3, 0.4) is 0 Å². The van der Waals surface area contributed by atoms with Crippen molar-refractivity contribution in [2.24, 2.45) is 0 Å². The molecule has 2 heterocycles. The van der Waals surface area contributed by atoms with Crippen LogP contribution >= 0.6 is 0 Å². The van der Waals surface area contributed by atoms with Crippen molar-refractivity contribution >= 4 is 5.91 Å². The molecule has 0 spiro atoms. The van der Waals surface area contributed by atoms with Crippen LogP contribution in [0.15, 0.2) is 24.3 Å². The maximum absolute atomic E-state index is 13.1. The summed E-state index contributed by atoms with van der Waals surface area (Å²) in [6.07, 6.45) is 20.8. The Balaban J connectivity index is 1.87. The highest BCUT2D eigenvalue weighted by Gasteiger charge is 2.51. The fraction of sp³-hybridized carbons (Fsp3) is 0.896. The summed E-state index contributed by atoms with van der Waals surface area (Å²) >= 11 is 0. The van der Waals surface area contributed by atoms with E-state index in [1.165, 1.54) is 96.3 Å². The number of hydrogen-bond acceptors (Lipinski definition) is 13. The van der Waals surface area contributed by atoms with Crippen molar-refractivity contribution in [1.82, 2.24) is 5.32 Å². The number of aliphatic hydroxyl groups is 8. The van der Waals surface area contributed by atoms with Crippen LogP contribution in [0.5, 0.6) is 0 Å². The summed E-state index contributed by atoms with van der Waals surface area (Å²) in [7, 11) is 0. The molecule has 364 valence electrons. The molecule has 14 heteroatoms. The molecule has 2 fully saturated rings. The van der Waals surface area contributed by atoms with E-state index in [9.17, 15) is 45.6 Å². The molecule has 0 aliphatic carbocycles. The molecule has 12 unspecified atom stereocenters. The number of ether oxygens (including phenoxy) is 4. The van der Waals surface area contributed by atoms with Gasteiger partial charge in [-0.25, -0.2) is 0 Å². The summed E-state index contributed by atoms with van der Waals surface area (Å²) in [6.45, 7) is 2.73. The van der Waals surface area contributed by atoms with Gasteiger partial charge in [-0.15, -0.1) is 0 Å². The Bertz CT molecular complexity index is 1140. The Hall–Kier alpha value is -1.53. The molecule has 9 N–H and O–H groups in total. The minimum absolute atomic E-state index is 0.251. The predicted octanol–water partition coefficient (Wildman–Crippen LogP) is 5.77. The lowest BCUT2D eigenvalue weighted by Gasteiger charge is -2.46. The lowest BCUT2D eigenvalue weighted by Crippen LogP contribution is -2.65. The molecule has 12 atom stereocenters. The molecule has 0 bridgehead atoms. The summed E-state index contributed by atoms with van der Waals surface area (Å²) in [6, 6.07) is -0.914. The lowest BCUT2D eigenvalue weighted by molar-refractivity contribution is -0.359. The molecule has 0 aromatic rings. The number of carbonyl (C=O) groups is 1.